The van der Waals surface area contributed by atoms with Crippen LogP contribution in [0.3, 0.4) is 0 Å². The van der Waals surface area contributed by atoms with E-state index in [4.69, 9.17) is 14.9 Å². The van der Waals surface area contributed by atoms with E-state index >= 15 is 0 Å². The third-order valence-corrected chi connectivity index (χ3v) is 5.94. The van der Waals surface area contributed by atoms with E-state index in [1.807, 2.05) is 48.5 Å². The van der Waals surface area contributed by atoms with Gasteiger partial charge in [-0.15, -0.1) is 0 Å². The first-order chi connectivity index (χ1) is 15.7. The minimum atomic E-state index is -1.48. The molecular formula is C25H31NO7. The minimum absolute atomic E-state index is 0.0427. The van der Waals surface area contributed by atoms with E-state index in [1.54, 1.807) is 4.90 Å². The number of benzene rings is 2. The molecule has 0 aromatic heterocycles. The molecule has 1 amide bonds. The van der Waals surface area contributed by atoms with Crippen molar-refractivity contribution in [3.63, 3.8) is 0 Å². The number of aryl methyl sites for hydroxylation is 2. The highest BCUT2D eigenvalue weighted by Crippen LogP contribution is 2.39. The summed E-state index contributed by atoms with van der Waals surface area (Å²) in [5, 5.41) is 37.9. The highest BCUT2D eigenvalue weighted by molar-refractivity contribution is 6.01. The molecule has 178 valence electrons. The molecule has 1 aliphatic rings. The number of ether oxygens (including phenoxy) is 1. The zero-order valence-electron chi connectivity index (χ0n) is 18.7. The topological polar surface area (TPSA) is 128 Å². The fourth-order valence-corrected chi connectivity index (χ4v) is 3.84. The van der Waals surface area contributed by atoms with Gasteiger partial charge >= 0.3 is 5.97 Å². The first-order valence-electron chi connectivity index (χ1n) is 11.0. The summed E-state index contributed by atoms with van der Waals surface area (Å²) in [6.45, 7) is 0.494. The number of anilines is 1. The number of esters is 1. The van der Waals surface area contributed by atoms with Crippen molar-refractivity contribution < 1.29 is 34.8 Å². The number of aliphatic hydroxyl groups is 4. The Kier molecular flexibility index (Phi) is 8.20. The average Bonchev–Trinajstić information content (AvgIpc) is 2.80. The maximum atomic E-state index is 12.3. The summed E-state index contributed by atoms with van der Waals surface area (Å²) in [7, 11) is 0. The lowest BCUT2D eigenvalue weighted by molar-refractivity contribution is -0.152. The van der Waals surface area contributed by atoms with Gasteiger partial charge < -0.3 is 30.1 Å². The van der Waals surface area contributed by atoms with Crippen LogP contribution < -0.4 is 4.90 Å². The van der Waals surface area contributed by atoms with E-state index in [2.05, 4.69) is 0 Å². The van der Waals surface area contributed by atoms with Gasteiger partial charge in [-0.05, 0) is 48.1 Å². The minimum Gasteiger partial charge on any atom is -0.463 e. The number of nitrogens with zero attached hydrogens (tertiary/aromatic N) is 1. The number of carbonyl (C=O) groups is 2. The van der Waals surface area contributed by atoms with Gasteiger partial charge in [-0.3, -0.25) is 9.59 Å². The molecule has 3 rings (SSSR count). The molecular weight excluding hydrogens is 426 g/mol. The van der Waals surface area contributed by atoms with Crippen molar-refractivity contribution in [1.29, 1.82) is 0 Å². The molecule has 1 fully saturated rings. The van der Waals surface area contributed by atoms with Crippen LogP contribution in [0, 0.1) is 0 Å². The molecule has 1 aliphatic heterocycles. The van der Waals surface area contributed by atoms with Crippen LogP contribution in [0.1, 0.15) is 48.9 Å². The Morgan fingerprint density at radius 2 is 1.70 bits per heavy atom. The molecule has 2 unspecified atom stereocenters. The largest absolute Gasteiger partial charge is 0.463 e. The number of rotatable bonds is 11. The van der Waals surface area contributed by atoms with E-state index in [0.29, 0.717) is 19.3 Å². The lowest BCUT2D eigenvalue weighted by Crippen LogP contribution is -2.46. The van der Waals surface area contributed by atoms with E-state index in [-0.39, 0.29) is 31.4 Å². The number of aliphatic hydroxyl groups excluding tert-OH is 2. The zero-order chi connectivity index (χ0) is 24.0. The van der Waals surface area contributed by atoms with Crippen LogP contribution in [0.2, 0.25) is 0 Å². The molecule has 2 aromatic carbocycles. The predicted molar refractivity (Wildman–Crippen MR) is 121 cm³/mol. The second-order valence-electron chi connectivity index (χ2n) is 8.57. The second kappa shape index (κ2) is 10.9. The van der Waals surface area contributed by atoms with Crippen LogP contribution in [0.25, 0.3) is 0 Å². The van der Waals surface area contributed by atoms with Gasteiger partial charge in [-0.25, -0.2) is 0 Å². The highest BCUT2D eigenvalue weighted by Gasteiger charge is 2.38. The van der Waals surface area contributed by atoms with Gasteiger partial charge in [0, 0.05) is 19.0 Å². The van der Waals surface area contributed by atoms with E-state index in [1.165, 1.54) is 6.92 Å². The van der Waals surface area contributed by atoms with Crippen LogP contribution >= 0.6 is 0 Å². The predicted octanol–water partition coefficient (Wildman–Crippen LogP) is 1.63. The Labute approximate surface area is 193 Å². The van der Waals surface area contributed by atoms with Crippen LogP contribution in [0.5, 0.6) is 0 Å². The molecule has 0 saturated carbocycles. The van der Waals surface area contributed by atoms with Gasteiger partial charge in [0.2, 0.25) is 5.91 Å². The van der Waals surface area contributed by atoms with Gasteiger partial charge in [0.1, 0.15) is 12.2 Å². The monoisotopic (exact) mass is 457 g/mol. The summed E-state index contributed by atoms with van der Waals surface area (Å²) in [6.07, 6.45) is 0.629. The molecule has 2 atom stereocenters. The van der Waals surface area contributed by atoms with Crippen molar-refractivity contribution in [2.75, 3.05) is 18.1 Å². The van der Waals surface area contributed by atoms with Crippen molar-refractivity contribution in [2.45, 2.75) is 57.0 Å². The van der Waals surface area contributed by atoms with Gasteiger partial charge in [-0.1, -0.05) is 36.4 Å². The molecule has 1 heterocycles. The molecule has 0 aliphatic carbocycles. The Morgan fingerprint density at radius 1 is 1.09 bits per heavy atom. The average molecular weight is 458 g/mol. The SMILES string of the molecule is CC(=O)OCC(O)(CO)CCc1ccc(C2CC(=O)N2c2ccc(CCC(O)O)cc2)cc1. The molecule has 8 nitrogen and oxygen atoms in total. The van der Waals surface area contributed by atoms with E-state index in [0.717, 1.165) is 22.4 Å². The van der Waals surface area contributed by atoms with Gasteiger partial charge in [-0.2, -0.15) is 0 Å². The maximum Gasteiger partial charge on any atom is 0.302 e. The molecule has 2 aromatic rings. The maximum absolute atomic E-state index is 12.3. The molecule has 0 bridgehead atoms. The van der Waals surface area contributed by atoms with Gasteiger partial charge in [0.25, 0.3) is 0 Å². The summed E-state index contributed by atoms with van der Waals surface area (Å²) >= 11 is 0. The van der Waals surface area contributed by atoms with Gasteiger partial charge in [0.05, 0.1) is 19.1 Å². The molecule has 0 radical (unpaired) electrons. The summed E-state index contributed by atoms with van der Waals surface area (Å²) in [5.41, 5.74) is 2.25. The van der Waals surface area contributed by atoms with E-state index < -0.39 is 24.5 Å². The lowest BCUT2D eigenvalue weighted by atomic mass is 9.91. The van der Waals surface area contributed by atoms with Gasteiger partial charge in [0.15, 0.2) is 6.29 Å². The number of carbonyl (C=O) groups excluding carboxylic acids is 2. The smallest absolute Gasteiger partial charge is 0.302 e. The van der Waals surface area contributed by atoms with E-state index in [9.17, 15) is 19.8 Å². The molecule has 33 heavy (non-hydrogen) atoms. The number of amides is 1. The third-order valence-electron chi connectivity index (χ3n) is 5.94. The standard InChI is InChI=1S/C25H31NO7/c1-17(28)33-16-25(32,15-27)13-12-19-2-7-20(8-3-19)22-14-23(29)26(22)21-9-4-18(5-10-21)6-11-24(30)31/h2-5,7-10,22,24,27,30-32H,6,11-16H2,1H3. The molecule has 0 spiro atoms. The number of β-lactam (4-membered cyclic amide) rings is 1. The first-order valence-corrected chi connectivity index (χ1v) is 11.0. The van der Waals surface area contributed by atoms with Crippen molar-refractivity contribution >= 4 is 17.6 Å². The lowest BCUT2D eigenvalue weighted by Gasteiger charge is -2.41. The first kappa shape index (κ1) is 24.9. The zero-order valence-corrected chi connectivity index (χ0v) is 18.7. The Balaban J connectivity index is 1.61. The van der Waals surface area contributed by atoms with Crippen molar-refractivity contribution in [3.8, 4) is 0 Å². The fraction of sp³-hybridized carbons (Fsp3) is 0.440. The Bertz CT molecular complexity index is 942. The van der Waals surface area contributed by atoms with Crippen LogP contribution in [0.15, 0.2) is 48.5 Å². The molecule has 4 N–H and O–H groups in total. The molecule has 1 saturated heterocycles. The molecule has 8 heteroatoms. The third kappa shape index (κ3) is 6.61. The van der Waals surface area contributed by atoms with Crippen molar-refractivity contribution in [1.82, 2.24) is 0 Å². The summed E-state index contributed by atoms with van der Waals surface area (Å²) in [4.78, 5) is 25.0. The quantitative estimate of drug-likeness (QED) is 0.229. The fourth-order valence-electron chi connectivity index (χ4n) is 3.84. The Morgan fingerprint density at radius 3 is 2.24 bits per heavy atom. The van der Waals surface area contributed by atoms with Crippen LogP contribution in [-0.2, 0) is 27.2 Å². The summed E-state index contributed by atoms with van der Waals surface area (Å²) < 4.78 is 4.85. The van der Waals surface area contributed by atoms with Crippen molar-refractivity contribution in [2.24, 2.45) is 0 Å². The number of hydrogen-bond donors (Lipinski definition) is 4. The Hall–Kier alpha value is -2.78. The van der Waals surface area contributed by atoms with Crippen LogP contribution in [-0.4, -0.2) is 57.4 Å². The number of hydrogen-bond acceptors (Lipinski definition) is 7. The highest BCUT2D eigenvalue weighted by atomic mass is 16.5. The normalized spacial score (nSPS) is 17.6. The summed E-state index contributed by atoms with van der Waals surface area (Å²) in [6, 6.07) is 15.2. The second-order valence-corrected chi connectivity index (χ2v) is 8.57. The van der Waals surface area contributed by atoms with Crippen molar-refractivity contribution in [3.05, 3.63) is 65.2 Å². The van der Waals surface area contributed by atoms with Crippen LogP contribution in [0.4, 0.5) is 5.69 Å². The summed E-state index contributed by atoms with van der Waals surface area (Å²) in [5.74, 6) is -0.467.